The number of carboxylic acids is 1. The van der Waals surface area contributed by atoms with E-state index in [0.29, 0.717) is 5.69 Å². The number of benzene rings is 1. The van der Waals surface area contributed by atoms with Gasteiger partial charge in [0.2, 0.25) is 0 Å². The maximum Gasteiger partial charge on any atom is 0.338 e. The molecule has 3 rings (SSSR count). The summed E-state index contributed by atoms with van der Waals surface area (Å²) in [5.74, 6) is -0.990. The highest BCUT2D eigenvalue weighted by molar-refractivity contribution is 7.81. The number of anilines is 2. The molecule has 8 nitrogen and oxygen atoms in total. The lowest BCUT2D eigenvalue weighted by Gasteiger charge is -2.24. The average molecular weight is 435 g/mol. The van der Waals surface area contributed by atoms with Crippen molar-refractivity contribution in [1.82, 2.24) is 14.8 Å². The Bertz CT molecular complexity index is 1080. The summed E-state index contributed by atoms with van der Waals surface area (Å²) in [6.45, 7) is 6.21. The fourth-order valence-corrected chi connectivity index (χ4v) is 3.46. The number of pyridine rings is 1. The molecule has 0 aliphatic heterocycles. The minimum absolute atomic E-state index is 0.0427. The Balaban J connectivity index is 2.13. The first-order chi connectivity index (χ1) is 13.6. The van der Waals surface area contributed by atoms with Crippen LogP contribution >= 0.6 is 11.6 Å². The Labute approximate surface area is 175 Å². The molecule has 10 heteroatoms. The number of hydrogen-bond donors (Lipinski definition) is 2. The van der Waals surface area contributed by atoms with Crippen molar-refractivity contribution in [2.24, 2.45) is 0 Å². The van der Waals surface area contributed by atoms with E-state index in [0.717, 1.165) is 9.87 Å². The Kier molecular flexibility index (Phi) is 5.74. The molecule has 152 valence electrons. The number of carbonyl (C=O) groups is 1. The summed E-state index contributed by atoms with van der Waals surface area (Å²) in [6, 6.07) is 8.68. The van der Waals surface area contributed by atoms with Crippen LogP contribution in [0, 0.1) is 0 Å². The number of halogens is 1. The smallest absolute Gasteiger partial charge is 0.338 e. The van der Waals surface area contributed by atoms with Crippen LogP contribution < -0.4 is 4.31 Å². The Morgan fingerprint density at radius 3 is 2.38 bits per heavy atom. The zero-order valence-electron chi connectivity index (χ0n) is 15.9. The van der Waals surface area contributed by atoms with Gasteiger partial charge in [-0.3, -0.25) is 4.55 Å². The van der Waals surface area contributed by atoms with Crippen molar-refractivity contribution in [2.75, 3.05) is 4.31 Å². The number of nitrogens with zero attached hydrogens (tertiary/aromatic N) is 4. The van der Waals surface area contributed by atoms with Crippen molar-refractivity contribution in [3.8, 4) is 5.82 Å². The number of aromatic carboxylic acids is 1. The second-order valence-electron chi connectivity index (χ2n) is 7.30. The molecule has 0 amide bonds. The fourth-order valence-electron chi connectivity index (χ4n) is 2.71. The molecule has 1 aromatic carbocycles. The van der Waals surface area contributed by atoms with Crippen LogP contribution in [-0.2, 0) is 16.7 Å². The van der Waals surface area contributed by atoms with Gasteiger partial charge in [-0.25, -0.2) is 23.0 Å². The van der Waals surface area contributed by atoms with Gasteiger partial charge >= 0.3 is 5.97 Å². The molecule has 0 radical (unpaired) electrons. The van der Waals surface area contributed by atoms with Crippen LogP contribution in [0.2, 0.25) is 5.02 Å². The molecular weight excluding hydrogens is 416 g/mol. The quantitative estimate of drug-likeness (QED) is 0.583. The van der Waals surface area contributed by atoms with E-state index in [1.54, 1.807) is 12.1 Å². The highest BCUT2D eigenvalue weighted by Crippen LogP contribution is 2.34. The monoisotopic (exact) mass is 434 g/mol. The summed E-state index contributed by atoms with van der Waals surface area (Å²) < 4.78 is 24.6. The van der Waals surface area contributed by atoms with Gasteiger partial charge in [-0.1, -0.05) is 44.5 Å². The standard InChI is InChI=1S/C19H19ClN4O4S/c1-19(2,3)13-4-6-15(7-5-13)24(29(27)28)16-8-14(20)10-21-17(16)23-11-12(9-22-23)18(25)26/h4-11H,1-3H3,(H,25,26)(H,27,28). The third-order valence-electron chi connectivity index (χ3n) is 4.20. The topological polar surface area (TPSA) is 109 Å². The lowest BCUT2D eigenvalue weighted by Crippen LogP contribution is -2.22. The second-order valence-corrected chi connectivity index (χ2v) is 8.56. The molecule has 0 aliphatic carbocycles. The molecule has 0 fully saturated rings. The van der Waals surface area contributed by atoms with Gasteiger partial charge in [-0.15, -0.1) is 0 Å². The Morgan fingerprint density at radius 1 is 1.21 bits per heavy atom. The van der Waals surface area contributed by atoms with Crippen molar-refractivity contribution >= 4 is 40.2 Å². The van der Waals surface area contributed by atoms with Crippen LogP contribution in [0.5, 0.6) is 0 Å². The van der Waals surface area contributed by atoms with E-state index in [1.165, 1.54) is 29.3 Å². The lowest BCUT2D eigenvalue weighted by molar-refractivity contribution is 0.0697. The molecule has 3 aromatic rings. The van der Waals surface area contributed by atoms with E-state index in [9.17, 15) is 13.6 Å². The van der Waals surface area contributed by atoms with Gasteiger partial charge in [0.1, 0.15) is 5.69 Å². The highest BCUT2D eigenvalue weighted by Gasteiger charge is 2.23. The molecular formula is C19H19ClN4O4S. The van der Waals surface area contributed by atoms with Gasteiger partial charge in [-0.2, -0.15) is 5.10 Å². The minimum atomic E-state index is -2.45. The first-order valence-corrected chi connectivity index (χ1v) is 9.97. The molecule has 0 aliphatic rings. The van der Waals surface area contributed by atoms with E-state index in [-0.39, 0.29) is 27.5 Å². The van der Waals surface area contributed by atoms with E-state index in [1.807, 2.05) is 12.1 Å². The van der Waals surface area contributed by atoms with E-state index in [4.69, 9.17) is 16.7 Å². The average Bonchev–Trinajstić information content (AvgIpc) is 3.12. The van der Waals surface area contributed by atoms with Crippen molar-refractivity contribution < 1.29 is 18.7 Å². The molecule has 0 saturated carbocycles. The molecule has 2 heterocycles. The second kappa shape index (κ2) is 7.94. The number of hydrogen-bond acceptors (Lipinski definition) is 4. The summed E-state index contributed by atoms with van der Waals surface area (Å²) in [4.78, 5) is 15.4. The predicted octanol–water partition coefficient (Wildman–Crippen LogP) is 4.19. The van der Waals surface area contributed by atoms with E-state index < -0.39 is 17.2 Å². The SMILES string of the molecule is CC(C)(C)c1ccc(N(c2cc(Cl)cnc2-n2cc(C(=O)O)cn2)S(=O)O)cc1. The predicted molar refractivity (Wildman–Crippen MR) is 111 cm³/mol. The normalized spacial score (nSPS) is 12.6. The fraction of sp³-hybridized carbons (Fsp3) is 0.211. The summed E-state index contributed by atoms with van der Waals surface area (Å²) in [7, 11) is 0. The van der Waals surface area contributed by atoms with E-state index >= 15 is 0 Å². The third kappa shape index (κ3) is 4.47. The maximum atomic E-state index is 12.2. The minimum Gasteiger partial charge on any atom is -0.478 e. The zero-order valence-corrected chi connectivity index (χ0v) is 17.5. The van der Waals surface area contributed by atoms with Crippen molar-refractivity contribution in [2.45, 2.75) is 26.2 Å². The van der Waals surface area contributed by atoms with Crippen LogP contribution in [0.3, 0.4) is 0 Å². The van der Waals surface area contributed by atoms with Gasteiger partial charge in [-0.05, 0) is 29.2 Å². The van der Waals surface area contributed by atoms with Gasteiger partial charge in [0.05, 0.1) is 22.5 Å². The van der Waals surface area contributed by atoms with Crippen LogP contribution in [0.1, 0.15) is 36.7 Å². The number of carboxylic acid groups (broad SMARTS) is 1. The molecule has 0 bridgehead atoms. The molecule has 2 aromatic heterocycles. The Hall–Kier alpha value is -2.75. The summed E-state index contributed by atoms with van der Waals surface area (Å²) in [6.07, 6.45) is 3.79. The summed E-state index contributed by atoms with van der Waals surface area (Å²) in [5.41, 5.74) is 1.58. The van der Waals surface area contributed by atoms with Crippen molar-refractivity contribution in [1.29, 1.82) is 0 Å². The number of rotatable bonds is 5. The van der Waals surface area contributed by atoms with Crippen molar-refractivity contribution in [3.63, 3.8) is 0 Å². The molecule has 29 heavy (non-hydrogen) atoms. The van der Waals surface area contributed by atoms with Crippen LogP contribution in [0.15, 0.2) is 48.9 Å². The lowest BCUT2D eigenvalue weighted by atomic mass is 9.87. The van der Waals surface area contributed by atoms with Crippen LogP contribution in [0.25, 0.3) is 5.82 Å². The summed E-state index contributed by atoms with van der Waals surface area (Å²) >= 11 is 3.64. The molecule has 1 unspecified atom stereocenters. The van der Waals surface area contributed by atoms with Crippen LogP contribution in [-0.4, -0.2) is 34.6 Å². The van der Waals surface area contributed by atoms with Gasteiger partial charge < -0.3 is 5.11 Å². The van der Waals surface area contributed by atoms with Crippen LogP contribution in [0.4, 0.5) is 11.4 Å². The number of aromatic nitrogens is 3. The van der Waals surface area contributed by atoms with Gasteiger partial charge in [0, 0.05) is 12.4 Å². The third-order valence-corrected chi connectivity index (χ3v) is 5.13. The van der Waals surface area contributed by atoms with E-state index in [2.05, 4.69) is 30.9 Å². The first kappa shape index (κ1) is 21.0. The molecule has 0 saturated heterocycles. The van der Waals surface area contributed by atoms with Gasteiger partial charge in [0.25, 0.3) is 11.3 Å². The maximum absolute atomic E-state index is 12.2. The van der Waals surface area contributed by atoms with Gasteiger partial charge in [0.15, 0.2) is 5.82 Å². The highest BCUT2D eigenvalue weighted by atomic mass is 35.5. The van der Waals surface area contributed by atoms with Crippen molar-refractivity contribution in [3.05, 3.63) is 65.1 Å². The first-order valence-electron chi connectivity index (χ1n) is 8.53. The molecule has 1 atom stereocenters. The Morgan fingerprint density at radius 2 is 1.86 bits per heavy atom. The molecule has 2 N–H and O–H groups in total. The zero-order chi connectivity index (χ0) is 21.3. The largest absolute Gasteiger partial charge is 0.478 e. The summed E-state index contributed by atoms with van der Waals surface area (Å²) in [5, 5.41) is 13.4. The molecule has 0 spiro atoms.